The lowest BCUT2D eigenvalue weighted by Crippen LogP contribution is -2.36. The standard InChI is InChI=1S/C13H19NO4/c1-9-4-3-5-12(10(9)2)18-8-13(17)14-6-11(16)7-15/h3-5,11,15-16H,6-8H2,1-2H3,(H,14,17). The van der Waals surface area contributed by atoms with Crippen molar-refractivity contribution in [3.63, 3.8) is 0 Å². The number of rotatable bonds is 6. The van der Waals surface area contributed by atoms with Crippen molar-refractivity contribution in [1.82, 2.24) is 5.32 Å². The third-order valence-electron chi connectivity index (χ3n) is 2.66. The Labute approximate surface area is 106 Å². The Morgan fingerprint density at radius 1 is 1.44 bits per heavy atom. The lowest BCUT2D eigenvalue weighted by atomic mass is 10.1. The summed E-state index contributed by atoms with van der Waals surface area (Å²) in [5.41, 5.74) is 2.10. The van der Waals surface area contributed by atoms with Gasteiger partial charge >= 0.3 is 0 Å². The van der Waals surface area contributed by atoms with Gasteiger partial charge in [-0.1, -0.05) is 12.1 Å². The molecule has 0 fully saturated rings. The van der Waals surface area contributed by atoms with Crippen molar-refractivity contribution in [3.8, 4) is 5.75 Å². The number of benzene rings is 1. The van der Waals surface area contributed by atoms with Crippen LogP contribution in [0.5, 0.6) is 5.75 Å². The van der Waals surface area contributed by atoms with E-state index < -0.39 is 6.10 Å². The van der Waals surface area contributed by atoms with Gasteiger partial charge in [0.2, 0.25) is 0 Å². The average molecular weight is 253 g/mol. The Morgan fingerprint density at radius 2 is 2.17 bits per heavy atom. The van der Waals surface area contributed by atoms with E-state index in [1.54, 1.807) is 6.07 Å². The first-order valence-electron chi connectivity index (χ1n) is 5.79. The Balaban J connectivity index is 2.41. The number of aliphatic hydroxyl groups excluding tert-OH is 2. The predicted molar refractivity (Wildman–Crippen MR) is 67.5 cm³/mol. The van der Waals surface area contributed by atoms with Crippen LogP contribution in [0.4, 0.5) is 0 Å². The van der Waals surface area contributed by atoms with Gasteiger partial charge in [-0.2, -0.15) is 0 Å². The largest absolute Gasteiger partial charge is 0.483 e. The topological polar surface area (TPSA) is 78.8 Å². The summed E-state index contributed by atoms with van der Waals surface area (Å²) in [6.45, 7) is 3.43. The molecule has 5 nitrogen and oxygen atoms in total. The Hall–Kier alpha value is -1.59. The first-order chi connectivity index (χ1) is 8.54. The van der Waals surface area contributed by atoms with Gasteiger partial charge in [-0.3, -0.25) is 4.79 Å². The fraction of sp³-hybridized carbons (Fsp3) is 0.462. The van der Waals surface area contributed by atoms with Gasteiger partial charge in [0.1, 0.15) is 5.75 Å². The molecule has 0 heterocycles. The molecule has 0 aliphatic rings. The quantitative estimate of drug-likeness (QED) is 0.674. The highest BCUT2D eigenvalue weighted by Crippen LogP contribution is 2.20. The van der Waals surface area contributed by atoms with Gasteiger partial charge in [-0.25, -0.2) is 0 Å². The third-order valence-corrected chi connectivity index (χ3v) is 2.66. The number of hydrogen-bond donors (Lipinski definition) is 3. The maximum absolute atomic E-state index is 11.4. The van der Waals surface area contributed by atoms with E-state index >= 15 is 0 Å². The van der Waals surface area contributed by atoms with E-state index in [0.29, 0.717) is 5.75 Å². The second-order valence-corrected chi connectivity index (χ2v) is 4.13. The lowest BCUT2D eigenvalue weighted by molar-refractivity contribution is -0.123. The predicted octanol–water partition coefficient (Wildman–Crippen LogP) is 0.152. The maximum atomic E-state index is 11.4. The highest BCUT2D eigenvalue weighted by atomic mass is 16.5. The first-order valence-corrected chi connectivity index (χ1v) is 5.79. The van der Waals surface area contributed by atoms with Crippen molar-refractivity contribution in [1.29, 1.82) is 0 Å². The molecule has 0 aromatic heterocycles. The number of aliphatic hydroxyl groups is 2. The maximum Gasteiger partial charge on any atom is 0.258 e. The zero-order valence-electron chi connectivity index (χ0n) is 10.6. The van der Waals surface area contributed by atoms with Crippen LogP contribution < -0.4 is 10.1 Å². The SMILES string of the molecule is Cc1cccc(OCC(=O)NCC(O)CO)c1C. The number of amides is 1. The summed E-state index contributed by atoms with van der Waals surface area (Å²) in [5.74, 6) is 0.344. The van der Waals surface area contributed by atoms with Crippen LogP contribution in [-0.4, -0.2) is 42.0 Å². The summed E-state index contributed by atoms with van der Waals surface area (Å²) in [7, 11) is 0. The van der Waals surface area contributed by atoms with Crippen molar-refractivity contribution < 1.29 is 19.7 Å². The van der Waals surface area contributed by atoms with Crippen LogP contribution in [0.2, 0.25) is 0 Å². The molecule has 1 aromatic carbocycles. The van der Waals surface area contributed by atoms with Gasteiger partial charge in [-0.15, -0.1) is 0 Å². The Kier molecular flexibility index (Phi) is 5.61. The monoisotopic (exact) mass is 253 g/mol. The highest BCUT2D eigenvalue weighted by molar-refractivity contribution is 5.77. The summed E-state index contributed by atoms with van der Waals surface area (Å²) in [6.07, 6.45) is -0.936. The van der Waals surface area contributed by atoms with Crippen LogP contribution in [0.25, 0.3) is 0 Å². The highest BCUT2D eigenvalue weighted by Gasteiger charge is 2.08. The second-order valence-electron chi connectivity index (χ2n) is 4.13. The van der Waals surface area contributed by atoms with Gasteiger partial charge in [0.25, 0.3) is 5.91 Å². The number of nitrogens with one attached hydrogen (secondary N) is 1. The molecule has 1 rings (SSSR count). The van der Waals surface area contributed by atoms with Crippen LogP contribution in [0.1, 0.15) is 11.1 Å². The molecule has 0 spiro atoms. The van der Waals surface area contributed by atoms with Crippen LogP contribution in [0, 0.1) is 13.8 Å². The number of carbonyl (C=O) groups excluding carboxylic acids is 1. The van der Waals surface area contributed by atoms with Crippen LogP contribution in [0.3, 0.4) is 0 Å². The van der Waals surface area contributed by atoms with Gasteiger partial charge < -0.3 is 20.3 Å². The van der Waals surface area contributed by atoms with Crippen LogP contribution in [-0.2, 0) is 4.79 Å². The molecule has 0 aliphatic carbocycles. The molecule has 1 unspecified atom stereocenters. The number of hydrogen-bond acceptors (Lipinski definition) is 4. The number of ether oxygens (including phenoxy) is 1. The average Bonchev–Trinajstić information content (AvgIpc) is 2.37. The van der Waals surface area contributed by atoms with E-state index in [9.17, 15) is 4.79 Å². The van der Waals surface area contributed by atoms with Crippen molar-refractivity contribution >= 4 is 5.91 Å². The molecule has 1 aromatic rings. The van der Waals surface area contributed by atoms with Crippen molar-refractivity contribution in [2.24, 2.45) is 0 Å². The van der Waals surface area contributed by atoms with E-state index in [4.69, 9.17) is 14.9 Å². The first kappa shape index (κ1) is 14.5. The molecular weight excluding hydrogens is 234 g/mol. The van der Waals surface area contributed by atoms with Crippen LogP contribution >= 0.6 is 0 Å². The number of aryl methyl sites for hydroxylation is 1. The van der Waals surface area contributed by atoms with Crippen molar-refractivity contribution in [3.05, 3.63) is 29.3 Å². The molecular formula is C13H19NO4. The minimum Gasteiger partial charge on any atom is -0.483 e. The molecule has 18 heavy (non-hydrogen) atoms. The van der Waals surface area contributed by atoms with E-state index in [1.165, 1.54) is 0 Å². The molecule has 0 saturated carbocycles. The van der Waals surface area contributed by atoms with Gasteiger partial charge in [0.15, 0.2) is 6.61 Å². The fourth-order valence-electron chi connectivity index (χ4n) is 1.37. The molecule has 1 atom stereocenters. The summed E-state index contributed by atoms with van der Waals surface area (Å²) >= 11 is 0. The molecule has 0 aliphatic heterocycles. The zero-order chi connectivity index (χ0) is 13.5. The minimum absolute atomic E-state index is 0.0193. The Bertz CT molecular complexity index is 406. The Morgan fingerprint density at radius 3 is 2.83 bits per heavy atom. The van der Waals surface area contributed by atoms with Crippen LogP contribution in [0.15, 0.2) is 18.2 Å². The van der Waals surface area contributed by atoms with E-state index in [0.717, 1.165) is 11.1 Å². The summed E-state index contributed by atoms with van der Waals surface area (Å²) < 4.78 is 5.39. The van der Waals surface area contributed by atoms with Gasteiger partial charge in [0, 0.05) is 6.54 Å². The normalized spacial score (nSPS) is 12.0. The second kappa shape index (κ2) is 6.98. The molecule has 1 amide bonds. The molecule has 0 bridgehead atoms. The van der Waals surface area contributed by atoms with Crippen molar-refractivity contribution in [2.75, 3.05) is 19.8 Å². The van der Waals surface area contributed by atoms with Crippen molar-refractivity contribution in [2.45, 2.75) is 20.0 Å². The third kappa shape index (κ3) is 4.35. The number of carbonyl (C=O) groups is 1. The van der Waals surface area contributed by atoms with E-state index in [1.807, 2.05) is 26.0 Å². The molecule has 3 N–H and O–H groups in total. The zero-order valence-corrected chi connectivity index (χ0v) is 10.6. The summed E-state index contributed by atoms with van der Waals surface area (Å²) in [4.78, 5) is 11.4. The molecule has 5 heteroatoms. The van der Waals surface area contributed by atoms with E-state index in [-0.39, 0.29) is 25.7 Å². The summed E-state index contributed by atoms with van der Waals surface area (Å²) in [6, 6.07) is 5.64. The summed E-state index contributed by atoms with van der Waals surface area (Å²) in [5, 5.41) is 20.1. The van der Waals surface area contributed by atoms with Gasteiger partial charge in [-0.05, 0) is 31.0 Å². The molecule has 100 valence electrons. The molecule has 0 radical (unpaired) electrons. The lowest BCUT2D eigenvalue weighted by Gasteiger charge is -2.12. The fourth-order valence-corrected chi connectivity index (χ4v) is 1.37. The van der Waals surface area contributed by atoms with E-state index in [2.05, 4.69) is 5.32 Å². The smallest absolute Gasteiger partial charge is 0.258 e. The molecule has 0 saturated heterocycles. The minimum atomic E-state index is -0.936. The van der Waals surface area contributed by atoms with Gasteiger partial charge in [0.05, 0.1) is 12.7 Å².